The van der Waals surface area contributed by atoms with E-state index in [1.807, 2.05) is 12.1 Å². The van der Waals surface area contributed by atoms with Gasteiger partial charge in [0.25, 0.3) is 5.91 Å². The molecule has 0 unspecified atom stereocenters. The molecule has 14 nitrogen and oxygen atoms in total. The zero-order valence-electron chi connectivity index (χ0n) is 25.4. The fourth-order valence-electron chi connectivity index (χ4n) is 4.25. The van der Waals surface area contributed by atoms with E-state index < -0.39 is 12.1 Å². The number of hydrogen-bond acceptors (Lipinski definition) is 7. The third kappa shape index (κ3) is 8.11. The lowest BCUT2D eigenvalue weighted by Gasteiger charge is -2.18. The summed E-state index contributed by atoms with van der Waals surface area (Å²) in [6.45, 7) is 0.234. The number of anilines is 3. The normalized spacial score (nSPS) is 11.3. The van der Waals surface area contributed by atoms with Gasteiger partial charge in [0.2, 0.25) is 0 Å². The van der Waals surface area contributed by atoms with Crippen LogP contribution in [0.3, 0.4) is 0 Å². The molecule has 16 heteroatoms. The fraction of sp³-hybridized carbons (Fsp3) is 0.233. The molecule has 0 aliphatic heterocycles. The van der Waals surface area contributed by atoms with E-state index in [1.165, 1.54) is 65.6 Å². The van der Waals surface area contributed by atoms with Gasteiger partial charge in [0, 0.05) is 93.4 Å². The molecule has 4 N–H and O–H groups in total. The summed E-state index contributed by atoms with van der Waals surface area (Å²) >= 11 is 7.33. The van der Waals surface area contributed by atoms with E-state index in [0.29, 0.717) is 28.5 Å². The van der Waals surface area contributed by atoms with Gasteiger partial charge in [0.1, 0.15) is 5.84 Å². The molecule has 4 amide bonds. The van der Waals surface area contributed by atoms with Crippen molar-refractivity contribution in [2.75, 3.05) is 54.4 Å². The average Bonchev–Trinajstić information content (AvgIpc) is 3.86. The Labute approximate surface area is 274 Å². The molecule has 0 bridgehead atoms. The van der Waals surface area contributed by atoms with Crippen molar-refractivity contribution in [3.63, 3.8) is 0 Å². The third-order valence-corrected chi connectivity index (χ3v) is 8.36. The van der Waals surface area contributed by atoms with Crippen LogP contribution in [0.2, 0.25) is 0 Å². The van der Waals surface area contributed by atoms with Gasteiger partial charge in [-0.15, -0.1) is 23.4 Å². The van der Waals surface area contributed by atoms with E-state index in [-0.39, 0.29) is 30.7 Å². The molecule has 242 valence electrons. The van der Waals surface area contributed by atoms with E-state index in [1.54, 1.807) is 63.2 Å². The highest BCUT2D eigenvalue weighted by atomic mass is 35.5. The number of halogens is 1. The number of nitrogens with zero attached hydrogens (tertiary/aromatic N) is 7. The van der Waals surface area contributed by atoms with Crippen LogP contribution in [0.15, 0.2) is 89.7 Å². The van der Waals surface area contributed by atoms with Gasteiger partial charge in [-0.25, -0.2) is 14.4 Å². The Hall–Kier alpha value is -5.15. The molecule has 0 radical (unpaired) electrons. The first-order chi connectivity index (χ1) is 22.0. The number of amides is 4. The molecular formula is C30H34ClN9O5S. The Morgan fingerprint density at radius 3 is 1.96 bits per heavy atom. The summed E-state index contributed by atoms with van der Waals surface area (Å²) in [6.07, 6.45) is 9.33. The van der Waals surface area contributed by atoms with E-state index in [0.717, 1.165) is 10.6 Å². The molecule has 1 aromatic carbocycles. The van der Waals surface area contributed by atoms with Crippen LogP contribution >= 0.6 is 23.4 Å². The first kappa shape index (κ1) is 33.7. The van der Waals surface area contributed by atoms with Crippen LogP contribution in [-0.2, 0) is 0 Å². The van der Waals surface area contributed by atoms with Crippen molar-refractivity contribution < 1.29 is 24.4 Å². The number of thioether (sulfide) groups is 1. The van der Waals surface area contributed by atoms with Gasteiger partial charge in [-0.1, -0.05) is 5.16 Å². The molecule has 0 saturated heterocycles. The highest BCUT2D eigenvalue weighted by molar-refractivity contribution is 7.99. The van der Waals surface area contributed by atoms with E-state index >= 15 is 0 Å². The van der Waals surface area contributed by atoms with Gasteiger partial charge >= 0.3 is 18.1 Å². The minimum Gasteiger partial charge on any atom is -0.409 e. The second kappa shape index (κ2) is 15.2. The van der Waals surface area contributed by atoms with Crippen molar-refractivity contribution in [1.29, 1.82) is 0 Å². The largest absolute Gasteiger partial charge is 0.409 e. The summed E-state index contributed by atoms with van der Waals surface area (Å²) in [5.74, 6) is 1.02. The van der Waals surface area contributed by atoms with Gasteiger partial charge < -0.3 is 21.2 Å². The third-order valence-electron chi connectivity index (χ3n) is 6.94. The zero-order chi connectivity index (χ0) is 33.4. The number of oxime groups is 1. The molecule has 0 saturated carbocycles. The molecule has 4 rings (SSSR count). The SMILES string of the molecule is CN(CCC(N)=NO)C(=O)n1ccc(N(C)C(=O)n2ccc(N(C)C(=O)n3ccc(NC(=O)c4ccc(SCCCl)cc4)c3)c2)c1. The fourth-order valence-corrected chi connectivity index (χ4v) is 5.12. The first-order valence-electron chi connectivity index (χ1n) is 13.9. The molecule has 3 aromatic heterocycles. The quantitative estimate of drug-likeness (QED) is 0.0540. The lowest BCUT2D eigenvalue weighted by Crippen LogP contribution is -2.33. The average molecular weight is 668 g/mol. The molecule has 0 atom stereocenters. The smallest absolute Gasteiger partial charge is 0.332 e. The Balaban J connectivity index is 1.35. The zero-order valence-corrected chi connectivity index (χ0v) is 27.0. The maximum Gasteiger partial charge on any atom is 0.332 e. The van der Waals surface area contributed by atoms with Gasteiger partial charge in [-0.05, 0) is 42.5 Å². The molecule has 0 fully saturated rings. The number of rotatable bonds is 10. The van der Waals surface area contributed by atoms with Crippen molar-refractivity contribution in [3.05, 3.63) is 85.2 Å². The van der Waals surface area contributed by atoms with Gasteiger partial charge in [-0.3, -0.25) is 28.3 Å². The van der Waals surface area contributed by atoms with Crippen LogP contribution in [0.4, 0.5) is 31.4 Å². The van der Waals surface area contributed by atoms with E-state index in [2.05, 4.69) is 10.5 Å². The highest BCUT2D eigenvalue weighted by Gasteiger charge is 2.20. The Bertz CT molecular complexity index is 1730. The Morgan fingerprint density at radius 1 is 0.848 bits per heavy atom. The molecule has 4 aromatic rings. The monoisotopic (exact) mass is 667 g/mol. The van der Waals surface area contributed by atoms with Crippen LogP contribution in [0.5, 0.6) is 0 Å². The predicted molar refractivity (Wildman–Crippen MR) is 179 cm³/mol. The summed E-state index contributed by atoms with van der Waals surface area (Å²) in [5, 5.41) is 14.4. The van der Waals surface area contributed by atoms with Crippen LogP contribution in [-0.4, -0.2) is 93.0 Å². The molecule has 0 aliphatic rings. The molecule has 0 aliphatic carbocycles. The predicted octanol–water partition coefficient (Wildman–Crippen LogP) is 4.92. The lowest BCUT2D eigenvalue weighted by molar-refractivity contribution is 0.102. The number of hydrogen-bond donors (Lipinski definition) is 3. The molecular weight excluding hydrogens is 634 g/mol. The number of nitrogens with two attached hydrogens (primary N) is 1. The summed E-state index contributed by atoms with van der Waals surface area (Å²) in [5.41, 5.74) is 7.32. The minimum absolute atomic E-state index is 0.00883. The summed E-state index contributed by atoms with van der Waals surface area (Å²) < 4.78 is 3.97. The maximum atomic E-state index is 13.2. The summed E-state index contributed by atoms with van der Waals surface area (Å²) in [4.78, 5) is 57.0. The first-order valence-corrected chi connectivity index (χ1v) is 15.5. The topological polar surface area (TPSA) is 163 Å². The number of carbonyl (C=O) groups excluding carboxylic acids is 4. The van der Waals surface area contributed by atoms with Crippen LogP contribution in [0.25, 0.3) is 0 Å². The summed E-state index contributed by atoms with van der Waals surface area (Å²) in [6, 6.07) is 10.8. The van der Waals surface area contributed by atoms with Crippen molar-refractivity contribution in [1.82, 2.24) is 18.6 Å². The number of benzene rings is 1. The van der Waals surface area contributed by atoms with Crippen molar-refractivity contribution in [2.45, 2.75) is 11.3 Å². The van der Waals surface area contributed by atoms with Crippen LogP contribution < -0.4 is 20.9 Å². The van der Waals surface area contributed by atoms with Crippen molar-refractivity contribution in [2.24, 2.45) is 10.9 Å². The maximum absolute atomic E-state index is 13.2. The second-order valence-corrected chi connectivity index (χ2v) is 11.7. The molecule has 46 heavy (non-hydrogen) atoms. The van der Waals surface area contributed by atoms with Gasteiger partial charge in [0.15, 0.2) is 0 Å². The lowest BCUT2D eigenvalue weighted by atomic mass is 10.2. The minimum atomic E-state index is -0.422. The number of alkyl halides is 1. The second-order valence-electron chi connectivity index (χ2n) is 10.1. The number of carbonyl (C=O) groups is 4. The number of amidine groups is 1. The number of aromatic nitrogens is 3. The standard InChI is InChI=1S/C30H34ClN9O5S/c1-35(13-11-26(32)34-45)28(42)39-15-9-23(19-39)37(3)30(44)40-16-10-24(20-40)36(2)29(43)38-14-8-22(18-38)33-27(41)21-4-6-25(7-5-21)46-17-12-31/h4-10,14-16,18-20,45H,11-13,17H2,1-3H3,(H2,32,34)(H,33,41). The van der Waals surface area contributed by atoms with Crippen molar-refractivity contribution >= 4 is 70.3 Å². The van der Waals surface area contributed by atoms with Gasteiger partial charge in [-0.2, -0.15) is 0 Å². The van der Waals surface area contributed by atoms with Crippen LogP contribution in [0, 0.1) is 0 Å². The van der Waals surface area contributed by atoms with Crippen molar-refractivity contribution in [3.8, 4) is 0 Å². The highest BCUT2D eigenvalue weighted by Crippen LogP contribution is 2.21. The van der Waals surface area contributed by atoms with Crippen LogP contribution in [0.1, 0.15) is 16.8 Å². The number of nitrogens with one attached hydrogen (secondary N) is 1. The summed E-state index contributed by atoms with van der Waals surface area (Å²) in [7, 11) is 4.71. The van der Waals surface area contributed by atoms with E-state index in [4.69, 9.17) is 22.5 Å². The van der Waals surface area contributed by atoms with E-state index in [9.17, 15) is 19.2 Å². The molecule has 0 spiro atoms. The Kier molecular flexibility index (Phi) is 11.2. The molecule has 3 heterocycles. The van der Waals surface area contributed by atoms with Gasteiger partial charge in [0.05, 0.1) is 17.1 Å². The Morgan fingerprint density at radius 2 is 1.39 bits per heavy atom.